The predicted octanol–water partition coefficient (Wildman–Crippen LogP) is 4.30. The third-order valence-electron chi connectivity index (χ3n) is 4.89. The van der Waals surface area contributed by atoms with Crippen molar-refractivity contribution in [1.29, 1.82) is 0 Å². The van der Waals surface area contributed by atoms with E-state index in [2.05, 4.69) is 30.2 Å². The Kier molecular flexibility index (Phi) is 3.99. The van der Waals surface area contributed by atoms with Crippen LogP contribution >= 0.6 is 11.3 Å². The van der Waals surface area contributed by atoms with Crippen LogP contribution in [-0.2, 0) is 6.54 Å². The summed E-state index contributed by atoms with van der Waals surface area (Å²) < 4.78 is 10.8. The fourth-order valence-electron chi connectivity index (χ4n) is 3.52. The average molecular weight is 330 g/mol. The van der Waals surface area contributed by atoms with Gasteiger partial charge in [-0.05, 0) is 44.9 Å². The molecular weight excluding hydrogens is 308 g/mol. The molecule has 0 spiro atoms. The zero-order chi connectivity index (χ0) is 15.8. The fraction of sp³-hybridized carbons (Fsp3) is 0.500. The van der Waals surface area contributed by atoms with Crippen LogP contribution in [0.2, 0.25) is 0 Å². The van der Waals surface area contributed by atoms with Gasteiger partial charge in [-0.25, -0.2) is 4.98 Å². The monoisotopic (exact) mass is 330 g/mol. The van der Waals surface area contributed by atoms with Gasteiger partial charge >= 0.3 is 0 Å². The van der Waals surface area contributed by atoms with E-state index in [1.54, 1.807) is 11.3 Å². The summed E-state index contributed by atoms with van der Waals surface area (Å²) in [6.07, 6.45) is 3.94. The van der Waals surface area contributed by atoms with E-state index in [9.17, 15) is 0 Å². The number of fused-ring (bicyclic) bond motifs is 1. The van der Waals surface area contributed by atoms with Crippen LogP contribution in [0, 0.1) is 0 Å². The van der Waals surface area contributed by atoms with Gasteiger partial charge in [0.05, 0.1) is 5.69 Å². The summed E-state index contributed by atoms with van der Waals surface area (Å²) in [5.41, 5.74) is 2.27. The highest BCUT2D eigenvalue weighted by Crippen LogP contribution is 2.37. The van der Waals surface area contributed by atoms with Crippen LogP contribution in [-0.4, -0.2) is 28.8 Å². The molecule has 4 rings (SSSR count). The molecule has 2 aliphatic heterocycles. The number of aromatic nitrogens is 1. The van der Waals surface area contributed by atoms with Crippen LogP contribution in [0.15, 0.2) is 23.6 Å². The molecule has 0 bridgehead atoms. The number of thiazole rings is 1. The van der Waals surface area contributed by atoms with E-state index in [1.165, 1.54) is 25.0 Å². The first-order valence-corrected chi connectivity index (χ1v) is 9.19. The van der Waals surface area contributed by atoms with E-state index in [0.717, 1.165) is 28.6 Å². The number of hydrogen-bond donors (Lipinski definition) is 0. The lowest BCUT2D eigenvalue weighted by Crippen LogP contribution is -2.43. The Morgan fingerprint density at radius 2 is 1.96 bits per heavy atom. The zero-order valence-corrected chi connectivity index (χ0v) is 14.4. The molecule has 0 unspecified atom stereocenters. The predicted molar refractivity (Wildman–Crippen MR) is 92.0 cm³/mol. The standard InChI is InChI=1S/C18H22N2O2S/c1-12-4-3-5-13(2)20(12)9-15-10-23-18(19-15)14-6-7-16-17(8-14)22-11-21-16/h6-8,10,12-13H,3-5,9,11H2,1-2H3/t12-,13-/m0/s1. The number of nitrogens with zero attached hydrogens (tertiary/aromatic N) is 2. The van der Waals surface area contributed by atoms with Crippen molar-refractivity contribution in [2.45, 2.75) is 51.7 Å². The van der Waals surface area contributed by atoms with Crippen molar-refractivity contribution in [1.82, 2.24) is 9.88 Å². The molecule has 5 heteroatoms. The summed E-state index contributed by atoms with van der Waals surface area (Å²) in [4.78, 5) is 7.43. The van der Waals surface area contributed by atoms with Gasteiger partial charge in [0.2, 0.25) is 6.79 Å². The molecule has 4 nitrogen and oxygen atoms in total. The molecule has 2 aliphatic rings. The van der Waals surface area contributed by atoms with Gasteiger partial charge in [0.25, 0.3) is 0 Å². The van der Waals surface area contributed by atoms with Gasteiger partial charge in [-0.15, -0.1) is 11.3 Å². The number of benzene rings is 1. The van der Waals surface area contributed by atoms with E-state index in [0.29, 0.717) is 18.9 Å². The molecule has 23 heavy (non-hydrogen) atoms. The van der Waals surface area contributed by atoms with E-state index < -0.39 is 0 Å². The molecule has 0 amide bonds. The smallest absolute Gasteiger partial charge is 0.231 e. The number of hydrogen-bond acceptors (Lipinski definition) is 5. The van der Waals surface area contributed by atoms with Gasteiger partial charge in [-0.1, -0.05) is 6.42 Å². The molecule has 0 saturated carbocycles. The summed E-state index contributed by atoms with van der Waals surface area (Å²) >= 11 is 1.70. The average Bonchev–Trinajstić information content (AvgIpc) is 3.19. The minimum absolute atomic E-state index is 0.312. The third-order valence-corrected chi connectivity index (χ3v) is 5.83. The van der Waals surface area contributed by atoms with Gasteiger partial charge in [0, 0.05) is 29.6 Å². The van der Waals surface area contributed by atoms with Crippen molar-refractivity contribution in [3.05, 3.63) is 29.3 Å². The molecule has 1 aromatic heterocycles. The maximum absolute atomic E-state index is 5.46. The summed E-state index contributed by atoms with van der Waals surface area (Å²) in [5, 5.41) is 3.24. The maximum atomic E-state index is 5.46. The molecule has 122 valence electrons. The van der Waals surface area contributed by atoms with Crippen LogP contribution in [0.25, 0.3) is 10.6 Å². The Hall–Kier alpha value is -1.59. The first-order chi connectivity index (χ1) is 11.2. The lowest BCUT2D eigenvalue weighted by molar-refractivity contribution is 0.0941. The van der Waals surface area contributed by atoms with Crippen molar-refractivity contribution in [3.8, 4) is 22.1 Å². The Balaban J connectivity index is 1.52. The highest BCUT2D eigenvalue weighted by molar-refractivity contribution is 7.13. The lowest BCUT2D eigenvalue weighted by atomic mass is 9.97. The zero-order valence-electron chi connectivity index (χ0n) is 13.6. The minimum Gasteiger partial charge on any atom is -0.454 e. The Morgan fingerprint density at radius 1 is 1.17 bits per heavy atom. The number of piperidine rings is 1. The van der Waals surface area contributed by atoms with Gasteiger partial charge in [0.1, 0.15) is 5.01 Å². The molecular formula is C18H22N2O2S. The maximum Gasteiger partial charge on any atom is 0.231 e. The largest absolute Gasteiger partial charge is 0.454 e. The quantitative estimate of drug-likeness (QED) is 0.840. The highest BCUT2D eigenvalue weighted by Gasteiger charge is 2.25. The van der Waals surface area contributed by atoms with Crippen LogP contribution in [0.4, 0.5) is 0 Å². The molecule has 0 aliphatic carbocycles. The van der Waals surface area contributed by atoms with E-state index in [4.69, 9.17) is 14.5 Å². The molecule has 3 heterocycles. The summed E-state index contributed by atoms with van der Waals surface area (Å²) in [7, 11) is 0. The molecule has 1 saturated heterocycles. The van der Waals surface area contributed by atoms with Crippen molar-refractivity contribution in [3.63, 3.8) is 0 Å². The normalized spacial score (nSPS) is 24.1. The summed E-state index contributed by atoms with van der Waals surface area (Å²) in [5.74, 6) is 1.64. The highest BCUT2D eigenvalue weighted by atomic mass is 32.1. The molecule has 1 fully saturated rings. The van der Waals surface area contributed by atoms with Crippen LogP contribution in [0.1, 0.15) is 38.8 Å². The fourth-order valence-corrected chi connectivity index (χ4v) is 4.32. The SMILES string of the molecule is C[C@H]1CCC[C@H](C)N1Cc1csc(-c2ccc3c(c2)OCO3)n1. The van der Waals surface area contributed by atoms with E-state index in [1.807, 2.05) is 12.1 Å². The second kappa shape index (κ2) is 6.13. The van der Waals surface area contributed by atoms with Crippen molar-refractivity contribution in [2.24, 2.45) is 0 Å². The van der Waals surface area contributed by atoms with Gasteiger partial charge < -0.3 is 9.47 Å². The van der Waals surface area contributed by atoms with E-state index in [-0.39, 0.29) is 0 Å². The molecule has 2 aromatic rings. The van der Waals surface area contributed by atoms with E-state index >= 15 is 0 Å². The van der Waals surface area contributed by atoms with Crippen molar-refractivity contribution >= 4 is 11.3 Å². The molecule has 0 radical (unpaired) electrons. The molecule has 1 aromatic carbocycles. The van der Waals surface area contributed by atoms with Gasteiger partial charge in [-0.3, -0.25) is 4.90 Å². The molecule has 2 atom stereocenters. The number of likely N-dealkylation sites (tertiary alicyclic amines) is 1. The van der Waals surface area contributed by atoms with Crippen LogP contribution in [0.3, 0.4) is 0 Å². The Labute approximate surface area is 141 Å². The topological polar surface area (TPSA) is 34.6 Å². The van der Waals surface area contributed by atoms with Gasteiger partial charge in [0.15, 0.2) is 11.5 Å². The Morgan fingerprint density at radius 3 is 2.78 bits per heavy atom. The van der Waals surface area contributed by atoms with Gasteiger partial charge in [-0.2, -0.15) is 0 Å². The first-order valence-electron chi connectivity index (χ1n) is 8.31. The van der Waals surface area contributed by atoms with Crippen LogP contribution < -0.4 is 9.47 Å². The third kappa shape index (κ3) is 2.95. The van der Waals surface area contributed by atoms with Crippen LogP contribution in [0.5, 0.6) is 11.5 Å². The summed E-state index contributed by atoms with van der Waals surface area (Å²) in [6.45, 7) is 5.93. The number of rotatable bonds is 3. The second-order valence-electron chi connectivity index (χ2n) is 6.51. The van der Waals surface area contributed by atoms with Crippen molar-refractivity contribution < 1.29 is 9.47 Å². The number of ether oxygens (including phenoxy) is 2. The minimum atomic E-state index is 0.312. The first kappa shape index (κ1) is 15.0. The molecule has 0 N–H and O–H groups in total. The summed E-state index contributed by atoms with van der Waals surface area (Å²) in [6, 6.07) is 7.34. The Bertz CT molecular complexity index is 690. The second-order valence-corrected chi connectivity index (χ2v) is 7.37. The van der Waals surface area contributed by atoms with Crippen molar-refractivity contribution in [2.75, 3.05) is 6.79 Å². The lowest BCUT2D eigenvalue weighted by Gasteiger charge is -2.38.